The summed E-state index contributed by atoms with van der Waals surface area (Å²) < 4.78 is 0. The molecule has 8 aromatic rings. The van der Waals surface area contributed by atoms with Gasteiger partial charge in [0.1, 0.15) is 0 Å². The lowest BCUT2D eigenvalue weighted by Gasteiger charge is -2.28. The van der Waals surface area contributed by atoms with Crippen molar-refractivity contribution in [2.45, 2.75) is 0 Å². The normalized spacial score (nSPS) is 11.0. The largest absolute Gasteiger partial charge is 0.310 e. The van der Waals surface area contributed by atoms with Crippen LogP contribution in [0.2, 0.25) is 0 Å². The molecule has 1 heteroatoms. The Morgan fingerprint density at radius 3 is 1.19 bits per heavy atom. The number of rotatable bonds is 7. The van der Waals surface area contributed by atoms with E-state index in [1.54, 1.807) is 0 Å². The average Bonchev–Trinajstić information content (AvgIpc) is 3.16. The van der Waals surface area contributed by atoms with Gasteiger partial charge in [-0.2, -0.15) is 0 Å². The lowest BCUT2D eigenvalue weighted by Crippen LogP contribution is -2.11. The molecule has 8 rings (SSSR count). The van der Waals surface area contributed by atoms with Crippen LogP contribution in [0.4, 0.5) is 17.1 Å². The van der Waals surface area contributed by atoms with Crippen LogP contribution in [0.5, 0.6) is 0 Å². The zero-order chi connectivity index (χ0) is 31.4. The van der Waals surface area contributed by atoms with E-state index in [0.29, 0.717) is 0 Å². The fraction of sp³-hybridized carbons (Fsp3) is 0. The number of hydrogen-bond donors (Lipinski definition) is 0. The molecule has 222 valence electrons. The Morgan fingerprint density at radius 2 is 0.660 bits per heavy atom. The van der Waals surface area contributed by atoms with E-state index in [0.717, 1.165) is 17.1 Å². The van der Waals surface area contributed by atoms with E-state index in [1.807, 2.05) is 0 Å². The van der Waals surface area contributed by atoms with Crippen molar-refractivity contribution in [3.8, 4) is 44.5 Å². The van der Waals surface area contributed by atoms with Gasteiger partial charge in [0.25, 0.3) is 0 Å². The molecule has 8 aromatic carbocycles. The van der Waals surface area contributed by atoms with Gasteiger partial charge in [0, 0.05) is 16.9 Å². The molecule has 0 amide bonds. The summed E-state index contributed by atoms with van der Waals surface area (Å²) in [6, 6.07) is 71.8. The monoisotopic (exact) mass is 599 g/mol. The summed E-state index contributed by atoms with van der Waals surface area (Å²) in [5.41, 5.74) is 13.0. The van der Waals surface area contributed by atoms with Crippen molar-refractivity contribution in [1.29, 1.82) is 0 Å². The second kappa shape index (κ2) is 12.7. The molecule has 0 radical (unpaired) electrons. The molecule has 0 aliphatic carbocycles. The first kappa shape index (κ1) is 28.3. The van der Waals surface area contributed by atoms with E-state index in [-0.39, 0.29) is 0 Å². The quantitative estimate of drug-likeness (QED) is 0.176. The minimum atomic E-state index is 1.10. The second-order valence-corrected chi connectivity index (χ2v) is 11.8. The molecule has 0 atom stereocenters. The minimum absolute atomic E-state index is 1.10. The van der Waals surface area contributed by atoms with Gasteiger partial charge < -0.3 is 4.90 Å². The third kappa shape index (κ3) is 5.60. The number of benzene rings is 8. The SMILES string of the molecule is c1ccc(-c2ccc(N(c3ccc(-c4ccccc4)cc3)c3ccccc3-c3cccc4cccc(-c5ccccc5)c34)cc2)cc1. The van der Waals surface area contributed by atoms with Crippen LogP contribution >= 0.6 is 0 Å². The molecule has 47 heavy (non-hydrogen) atoms. The Balaban J connectivity index is 1.32. The summed E-state index contributed by atoms with van der Waals surface area (Å²) in [7, 11) is 0. The van der Waals surface area contributed by atoms with Gasteiger partial charge in [-0.25, -0.2) is 0 Å². The van der Waals surface area contributed by atoms with Gasteiger partial charge >= 0.3 is 0 Å². The first-order chi connectivity index (χ1) is 23.3. The fourth-order valence-electron chi connectivity index (χ4n) is 6.61. The van der Waals surface area contributed by atoms with Crippen molar-refractivity contribution in [3.05, 3.63) is 200 Å². The van der Waals surface area contributed by atoms with E-state index in [1.165, 1.54) is 55.3 Å². The molecule has 0 saturated heterocycles. The summed E-state index contributed by atoms with van der Waals surface area (Å²) in [6.45, 7) is 0. The molecule has 0 heterocycles. The summed E-state index contributed by atoms with van der Waals surface area (Å²) in [5.74, 6) is 0. The highest BCUT2D eigenvalue weighted by Crippen LogP contribution is 2.45. The van der Waals surface area contributed by atoms with Crippen LogP contribution in [0, 0.1) is 0 Å². The highest BCUT2D eigenvalue weighted by Gasteiger charge is 2.19. The van der Waals surface area contributed by atoms with Crippen LogP contribution in [0.1, 0.15) is 0 Å². The van der Waals surface area contributed by atoms with E-state index in [2.05, 4.69) is 205 Å². The van der Waals surface area contributed by atoms with Crippen LogP contribution in [0.15, 0.2) is 200 Å². The summed E-state index contributed by atoms with van der Waals surface area (Å²) in [6.07, 6.45) is 0. The smallest absolute Gasteiger partial charge is 0.0540 e. The number of hydrogen-bond acceptors (Lipinski definition) is 1. The predicted octanol–water partition coefficient (Wildman–Crippen LogP) is 13.0. The molecule has 0 fully saturated rings. The minimum Gasteiger partial charge on any atom is -0.310 e. The maximum atomic E-state index is 2.39. The van der Waals surface area contributed by atoms with Gasteiger partial charge in [-0.3, -0.25) is 0 Å². The summed E-state index contributed by atoms with van der Waals surface area (Å²) >= 11 is 0. The topological polar surface area (TPSA) is 3.24 Å². The van der Waals surface area contributed by atoms with Crippen LogP contribution < -0.4 is 4.90 Å². The van der Waals surface area contributed by atoms with E-state index >= 15 is 0 Å². The van der Waals surface area contributed by atoms with Crippen molar-refractivity contribution >= 4 is 27.8 Å². The molecule has 0 aliphatic rings. The molecule has 0 aromatic heterocycles. The molecule has 1 nitrogen and oxygen atoms in total. The summed E-state index contributed by atoms with van der Waals surface area (Å²) in [4.78, 5) is 2.39. The van der Waals surface area contributed by atoms with Gasteiger partial charge in [0.15, 0.2) is 0 Å². The molecule has 0 spiro atoms. The van der Waals surface area contributed by atoms with Crippen LogP contribution in [0.3, 0.4) is 0 Å². The lowest BCUT2D eigenvalue weighted by molar-refractivity contribution is 1.28. The standard InChI is InChI=1S/C46H33N/c1-4-14-34(15-5-1)36-26-30-40(31-27-36)47(41-32-28-37(29-33-41)35-16-6-2-7-17-35)45-25-11-10-22-43(45)44-24-13-21-39-20-12-23-42(46(39)44)38-18-8-3-9-19-38/h1-33H. The average molecular weight is 600 g/mol. The number of nitrogens with zero attached hydrogens (tertiary/aromatic N) is 1. The van der Waals surface area contributed by atoms with E-state index in [9.17, 15) is 0 Å². The molecule has 0 aliphatic heterocycles. The lowest BCUT2D eigenvalue weighted by atomic mass is 9.90. The van der Waals surface area contributed by atoms with Gasteiger partial charge in [-0.1, -0.05) is 170 Å². The molecule has 0 unspecified atom stereocenters. The van der Waals surface area contributed by atoms with Crippen molar-refractivity contribution in [2.24, 2.45) is 0 Å². The summed E-state index contributed by atoms with van der Waals surface area (Å²) in [5, 5.41) is 2.48. The van der Waals surface area contributed by atoms with Gasteiger partial charge in [-0.15, -0.1) is 0 Å². The zero-order valence-corrected chi connectivity index (χ0v) is 26.0. The maximum absolute atomic E-state index is 2.39. The van der Waals surface area contributed by atoms with Gasteiger partial charge in [0.05, 0.1) is 5.69 Å². The third-order valence-electron chi connectivity index (χ3n) is 8.89. The van der Waals surface area contributed by atoms with Crippen LogP contribution in [-0.2, 0) is 0 Å². The Bertz CT molecular complexity index is 2170. The highest BCUT2D eigenvalue weighted by atomic mass is 15.1. The molecule has 0 N–H and O–H groups in total. The van der Waals surface area contributed by atoms with E-state index < -0.39 is 0 Å². The Labute approximate surface area is 276 Å². The number of fused-ring (bicyclic) bond motifs is 1. The van der Waals surface area contributed by atoms with Crippen molar-refractivity contribution < 1.29 is 0 Å². The van der Waals surface area contributed by atoms with Gasteiger partial charge in [-0.05, 0) is 80.0 Å². The molecule has 0 saturated carbocycles. The first-order valence-electron chi connectivity index (χ1n) is 16.1. The van der Waals surface area contributed by atoms with Gasteiger partial charge in [0.2, 0.25) is 0 Å². The van der Waals surface area contributed by atoms with Crippen molar-refractivity contribution in [3.63, 3.8) is 0 Å². The van der Waals surface area contributed by atoms with Crippen LogP contribution in [0.25, 0.3) is 55.3 Å². The fourth-order valence-corrected chi connectivity index (χ4v) is 6.61. The second-order valence-electron chi connectivity index (χ2n) is 11.8. The molecule has 0 bridgehead atoms. The Kier molecular flexibility index (Phi) is 7.63. The predicted molar refractivity (Wildman–Crippen MR) is 200 cm³/mol. The highest BCUT2D eigenvalue weighted by molar-refractivity contribution is 6.08. The molecular weight excluding hydrogens is 567 g/mol. The van der Waals surface area contributed by atoms with Crippen molar-refractivity contribution in [1.82, 2.24) is 0 Å². The number of para-hydroxylation sites is 1. The Hall–Kier alpha value is -6.18. The maximum Gasteiger partial charge on any atom is 0.0540 e. The Morgan fingerprint density at radius 1 is 0.255 bits per heavy atom. The van der Waals surface area contributed by atoms with Crippen LogP contribution in [-0.4, -0.2) is 0 Å². The third-order valence-corrected chi connectivity index (χ3v) is 8.89. The number of anilines is 3. The van der Waals surface area contributed by atoms with Crippen molar-refractivity contribution in [2.75, 3.05) is 4.90 Å². The molecular formula is C46H33N. The zero-order valence-electron chi connectivity index (χ0n) is 26.0. The first-order valence-corrected chi connectivity index (χ1v) is 16.1. The van der Waals surface area contributed by atoms with E-state index in [4.69, 9.17) is 0 Å².